The molecule has 1 aliphatic carbocycles. The average molecular weight is 374 g/mol. The van der Waals surface area contributed by atoms with Crippen LogP contribution in [0.15, 0.2) is 24.3 Å². The number of hydrogen-bond acceptors (Lipinski definition) is 4. The third kappa shape index (κ3) is 3.81. The minimum atomic E-state index is -0.813. The number of carbonyl (C=O) groups is 2. The van der Waals surface area contributed by atoms with Gasteiger partial charge in [0, 0.05) is 25.8 Å². The minimum Gasteiger partial charge on any atom is -0.344 e. The van der Waals surface area contributed by atoms with Gasteiger partial charge in [-0.2, -0.15) is 5.26 Å². The first-order valence-electron chi connectivity index (χ1n) is 8.47. The van der Waals surface area contributed by atoms with E-state index in [1.807, 2.05) is 35.9 Å². The molecule has 1 saturated carbocycles. The summed E-state index contributed by atoms with van der Waals surface area (Å²) >= 11 is 5.62. The largest absolute Gasteiger partial charge is 0.344 e. The van der Waals surface area contributed by atoms with Crippen LogP contribution in [0.25, 0.3) is 11.0 Å². The Bertz CT molecular complexity index is 881. The van der Waals surface area contributed by atoms with Gasteiger partial charge < -0.3 is 15.2 Å². The Morgan fingerprint density at radius 2 is 2.15 bits per heavy atom. The van der Waals surface area contributed by atoms with E-state index in [0.717, 1.165) is 11.0 Å². The number of nitriles is 1. The molecule has 2 aromatic rings. The third-order valence-electron chi connectivity index (χ3n) is 4.57. The van der Waals surface area contributed by atoms with Crippen LogP contribution >= 0.6 is 11.6 Å². The molecule has 0 spiro atoms. The second kappa shape index (κ2) is 7.34. The highest BCUT2D eigenvalue weighted by Gasteiger charge is 2.45. The van der Waals surface area contributed by atoms with Crippen molar-refractivity contribution in [3.05, 3.63) is 30.1 Å². The maximum absolute atomic E-state index is 12.7. The van der Waals surface area contributed by atoms with Gasteiger partial charge in [-0.25, -0.2) is 4.98 Å². The number of fused-ring (bicyclic) bond motifs is 1. The zero-order chi connectivity index (χ0) is 18.7. The van der Waals surface area contributed by atoms with Crippen molar-refractivity contribution in [3.8, 4) is 6.07 Å². The lowest BCUT2D eigenvalue weighted by Gasteiger charge is -2.20. The zero-order valence-corrected chi connectivity index (χ0v) is 15.2. The smallest absolute Gasteiger partial charge is 0.244 e. The normalized spacial score (nSPS) is 15.9. The second-order valence-electron chi connectivity index (χ2n) is 6.52. The average Bonchev–Trinajstić information content (AvgIpc) is 3.33. The lowest BCUT2D eigenvalue weighted by atomic mass is 10.1. The molecule has 1 aromatic carbocycles. The molecular formula is C18H20ClN5O2. The standard InChI is InChI=1S/C18H20ClN5O2/c1-24-14-5-3-2-4-12(14)21-15(24)10-13(22-16(25)6-9-19)17(26)23-18(11-20)7-8-18/h2-5,13H,6-10H2,1H3,(H,22,25)(H,23,26). The van der Waals surface area contributed by atoms with Crippen LogP contribution in [0.3, 0.4) is 0 Å². The molecule has 1 unspecified atom stereocenters. The Morgan fingerprint density at radius 3 is 2.77 bits per heavy atom. The van der Waals surface area contributed by atoms with Gasteiger partial charge in [0.25, 0.3) is 0 Å². The van der Waals surface area contributed by atoms with Crippen LogP contribution in [0.5, 0.6) is 0 Å². The Morgan fingerprint density at radius 1 is 1.42 bits per heavy atom. The summed E-state index contributed by atoms with van der Waals surface area (Å²) in [5, 5.41) is 14.7. The Balaban J connectivity index is 1.82. The summed E-state index contributed by atoms with van der Waals surface area (Å²) in [6, 6.07) is 8.98. The molecule has 1 heterocycles. The number of imidazole rings is 1. The van der Waals surface area contributed by atoms with Gasteiger partial charge in [-0.1, -0.05) is 12.1 Å². The number of amides is 2. The maximum Gasteiger partial charge on any atom is 0.244 e. The fourth-order valence-electron chi connectivity index (χ4n) is 2.83. The molecule has 0 saturated heterocycles. The number of rotatable bonds is 7. The Hall–Kier alpha value is -2.59. The molecule has 26 heavy (non-hydrogen) atoms. The number of aromatic nitrogens is 2. The van der Waals surface area contributed by atoms with Crippen molar-refractivity contribution in [2.24, 2.45) is 7.05 Å². The van der Waals surface area contributed by atoms with Gasteiger partial charge in [0.1, 0.15) is 17.4 Å². The number of aryl methyl sites for hydroxylation is 1. The molecule has 0 bridgehead atoms. The number of nitrogens with one attached hydrogen (secondary N) is 2. The summed E-state index contributed by atoms with van der Waals surface area (Å²) in [6.07, 6.45) is 1.61. The summed E-state index contributed by atoms with van der Waals surface area (Å²) in [4.78, 5) is 29.2. The van der Waals surface area contributed by atoms with E-state index >= 15 is 0 Å². The highest BCUT2D eigenvalue weighted by atomic mass is 35.5. The molecular weight excluding hydrogens is 354 g/mol. The van der Waals surface area contributed by atoms with Gasteiger partial charge in [0.15, 0.2) is 0 Å². The van der Waals surface area contributed by atoms with Crippen molar-refractivity contribution in [1.29, 1.82) is 5.26 Å². The van der Waals surface area contributed by atoms with Gasteiger partial charge >= 0.3 is 0 Å². The fraction of sp³-hybridized carbons (Fsp3) is 0.444. The molecule has 2 N–H and O–H groups in total. The molecule has 1 aliphatic rings. The van der Waals surface area contributed by atoms with Crippen LogP contribution in [-0.2, 0) is 23.1 Å². The molecule has 3 rings (SSSR count). The first-order chi connectivity index (χ1) is 12.5. The van der Waals surface area contributed by atoms with Crippen molar-refractivity contribution in [2.45, 2.75) is 37.3 Å². The van der Waals surface area contributed by atoms with Gasteiger partial charge in [-0.05, 0) is 25.0 Å². The highest BCUT2D eigenvalue weighted by molar-refractivity contribution is 6.19. The lowest BCUT2D eigenvalue weighted by molar-refractivity contribution is -0.129. The number of benzene rings is 1. The van der Waals surface area contributed by atoms with Crippen LogP contribution in [0.1, 0.15) is 25.1 Å². The number of carbonyl (C=O) groups excluding carboxylic acids is 2. The summed E-state index contributed by atoms with van der Waals surface area (Å²) in [5.41, 5.74) is 0.982. The van der Waals surface area contributed by atoms with Crippen LogP contribution in [0.2, 0.25) is 0 Å². The molecule has 1 atom stereocenters. The minimum absolute atomic E-state index is 0.122. The first-order valence-corrected chi connectivity index (χ1v) is 9.00. The Labute approximate surface area is 156 Å². The summed E-state index contributed by atoms with van der Waals surface area (Å²) < 4.78 is 1.90. The van der Waals surface area contributed by atoms with Crippen LogP contribution < -0.4 is 10.6 Å². The predicted octanol–water partition coefficient (Wildman–Crippen LogP) is 1.40. The van der Waals surface area contributed by atoms with Crippen molar-refractivity contribution in [3.63, 3.8) is 0 Å². The molecule has 1 fully saturated rings. The van der Waals surface area contributed by atoms with Crippen LogP contribution in [0, 0.1) is 11.3 Å². The predicted molar refractivity (Wildman–Crippen MR) is 97.4 cm³/mol. The number of nitrogens with zero attached hydrogens (tertiary/aromatic N) is 3. The molecule has 136 valence electrons. The lowest BCUT2D eigenvalue weighted by Crippen LogP contribution is -2.51. The van der Waals surface area contributed by atoms with Gasteiger partial charge in [-0.15, -0.1) is 11.6 Å². The number of halogens is 1. The first kappa shape index (κ1) is 18.2. The molecule has 7 nitrogen and oxygen atoms in total. The molecule has 8 heteroatoms. The van der Waals surface area contributed by atoms with Crippen LogP contribution in [0.4, 0.5) is 0 Å². The van der Waals surface area contributed by atoms with E-state index in [0.29, 0.717) is 18.7 Å². The second-order valence-corrected chi connectivity index (χ2v) is 6.90. The van der Waals surface area contributed by atoms with E-state index in [1.54, 1.807) is 0 Å². The molecule has 0 aliphatic heterocycles. The highest BCUT2D eigenvalue weighted by Crippen LogP contribution is 2.34. The van der Waals surface area contributed by atoms with E-state index in [9.17, 15) is 14.9 Å². The van der Waals surface area contributed by atoms with Gasteiger partial charge in [-0.3, -0.25) is 9.59 Å². The van der Waals surface area contributed by atoms with Crippen molar-refractivity contribution >= 4 is 34.4 Å². The third-order valence-corrected chi connectivity index (χ3v) is 4.76. The van der Waals surface area contributed by atoms with Crippen molar-refractivity contribution in [1.82, 2.24) is 20.2 Å². The molecule has 0 radical (unpaired) electrons. The maximum atomic E-state index is 12.7. The van der Waals surface area contributed by atoms with E-state index in [2.05, 4.69) is 21.7 Å². The van der Waals surface area contributed by atoms with Gasteiger partial charge in [0.05, 0.1) is 17.1 Å². The van der Waals surface area contributed by atoms with E-state index in [1.165, 1.54) is 0 Å². The SMILES string of the molecule is Cn1c(CC(NC(=O)CCCl)C(=O)NC2(C#N)CC2)nc2ccccc21. The number of hydrogen-bond donors (Lipinski definition) is 2. The molecule has 1 aromatic heterocycles. The van der Waals surface area contributed by atoms with E-state index in [4.69, 9.17) is 11.6 Å². The topological polar surface area (TPSA) is 99.8 Å². The summed E-state index contributed by atoms with van der Waals surface area (Å²) in [7, 11) is 1.87. The van der Waals surface area contributed by atoms with Crippen molar-refractivity contribution in [2.75, 3.05) is 5.88 Å². The van der Waals surface area contributed by atoms with Gasteiger partial charge in [0.2, 0.25) is 11.8 Å². The fourth-order valence-corrected chi connectivity index (χ4v) is 3.01. The monoisotopic (exact) mass is 373 g/mol. The molecule has 2 amide bonds. The van der Waals surface area contributed by atoms with Crippen molar-refractivity contribution < 1.29 is 9.59 Å². The Kier molecular flexibility index (Phi) is 5.14. The van der Waals surface area contributed by atoms with Crippen LogP contribution in [-0.4, -0.2) is 38.8 Å². The zero-order valence-electron chi connectivity index (χ0n) is 14.5. The summed E-state index contributed by atoms with van der Waals surface area (Å²) in [6.45, 7) is 0. The quantitative estimate of drug-likeness (QED) is 0.716. The van der Waals surface area contributed by atoms with E-state index < -0.39 is 11.6 Å². The number of para-hydroxylation sites is 2. The van der Waals surface area contributed by atoms with E-state index in [-0.39, 0.29) is 30.5 Å². The number of alkyl halides is 1. The summed E-state index contributed by atoms with van der Waals surface area (Å²) in [5.74, 6) is 0.174.